The predicted molar refractivity (Wildman–Crippen MR) is 128 cm³/mol. The van der Waals surface area contributed by atoms with Crippen molar-refractivity contribution in [1.82, 2.24) is 19.7 Å². The number of rotatable bonds is 6. The summed E-state index contributed by atoms with van der Waals surface area (Å²) in [4.78, 5) is 23.4. The van der Waals surface area contributed by atoms with Crippen LogP contribution in [0.25, 0.3) is 0 Å². The minimum Gasteiger partial charge on any atom is -0.350 e. The molecule has 11 heteroatoms. The summed E-state index contributed by atoms with van der Waals surface area (Å²) in [6.07, 6.45) is 3.51. The third-order valence-electron chi connectivity index (χ3n) is 5.44. The summed E-state index contributed by atoms with van der Waals surface area (Å²) in [5.41, 5.74) is 2.80. The number of carbonyl (C=O) groups is 1. The zero-order valence-corrected chi connectivity index (χ0v) is 19.9. The zero-order chi connectivity index (χ0) is 23.0. The Morgan fingerprint density at radius 3 is 2.64 bits per heavy atom. The first kappa shape index (κ1) is 24.4. The van der Waals surface area contributed by atoms with Crippen LogP contribution in [0.1, 0.15) is 30.7 Å². The Kier molecular flexibility index (Phi) is 7.21. The summed E-state index contributed by atoms with van der Waals surface area (Å²) >= 11 is 0. The molecule has 2 N–H and O–H groups in total. The molecule has 0 unspecified atom stereocenters. The third-order valence-corrected chi connectivity index (χ3v) is 5.44. The van der Waals surface area contributed by atoms with Gasteiger partial charge in [0.05, 0.1) is 18.4 Å². The van der Waals surface area contributed by atoms with Crippen molar-refractivity contribution in [2.45, 2.75) is 39.9 Å². The van der Waals surface area contributed by atoms with Gasteiger partial charge in [-0.05, 0) is 30.5 Å². The molecule has 2 aromatic heterocycles. The summed E-state index contributed by atoms with van der Waals surface area (Å²) in [6.45, 7) is 6.58. The Morgan fingerprint density at radius 1 is 1.18 bits per heavy atom. The van der Waals surface area contributed by atoms with Gasteiger partial charge in [-0.2, -0.15) is 23.6 Å². The molecule has 8 nitrogen and oxygen atoms in total. The normalized spacial score (nSPS) is 15.2. The fraction of sp³-hybridized carbons (Fsp3) is 0.364. The third kappa shape index (κ3) is 5.08. The Bertz CT molecular complexity index is 1170. The summed E-state index contributed by atoms with van der Waals surface area (Å²) < 4.78 is 28.2. The lowest BCUT2D eigenvalue weighted by Gasteiger charge is -2.36. The van der Waals surface area contributed by atoms with Crippen molar-refractivity contribution in [3.8, 4) is 0 Å². The van der Waals surface area contributed by atoms with Crippen molar-refractivity contribution < 1.29 is 13.6 Å². The number of aromatic nitrogens is 4. The topological polar surface area (TPSA) is 88.0 Å². The van der Waals surface area contributed by atoms with Crippen LogP contribution in [0, 0.1) is 24.5 Å². The second kappa shape index (κ2) is 9.74. The molecule has 0 radical (unpaired) electrons. The molecule has 1 aliphatic rings. The van der Waals surface area contributed by atoms with Crippen molar-refractivity contribution in [2.75, 3.05) is 22.6 Å². The van der Waals surface area contributed by atoms with Crippen molar-refractivity contribution in [3.05, 3.63) is 59.0 Å². The average molecular weight is 476 g/mol. The van der Waals surface area contributed by atoms with Crippen LogP contribution in [-0.2, 0) is 17.9 Å². The van der Waals surface area contributed by atoms with Crippen LogP contribution in [0.5, 0.6) is 0 Å². The molecule has 0 aliphatic carbocycles. The number of nitrogens with one attached hydrogen (secondary N) is 2. The maximum absolute atomic E-state index is 13.4. The van der Waals surface area contributed by atoms with E-state index in [0.717, 1.165) is 11.6 Å². The van der Waals surface area contributed by atoms with E-state index in [-0.39, 0.29) is 31.4 Å². The van der Waals surface area contributed by atoms with E-state index in [1.165, 1.54) is 12.1 Å². The molecule has 0 spiro atoms. The molecule has 3 aromatic rings. The largest absolute Gasteiger partial charge is 0.350 e. The molecule has 3 heterocycles. The highest BCUT2D eigenvalue weighted by Gasteiger charge is 2.35. The Hall–Kier alpha value is -3.21. The van der Waals surface area contributed by atoms with E-state index in [9.17, 15) is 13.6 Å². The Balaban J connectivity index is 0.00000306. The molecule has 0 saturated carbocycles. The average Bonchev–Trinajstić information content (AvgIpc) is 3.17. The number of halogens is 2. The van der Waals surface area contributed by atoms with Crippen LogP contribution in [0.15, 0.2) is 30.6 Å². The smallest absolute Gasteiger partial charge is 0.247 e. The van der Waals surface area contributed by atoms with Crippen molar-refractivity contribution in [2.24, 2.45) is 5.92 Å². The van der Waals surface area contributed by atoms with E-state index in [0.29, 0.717) is 41.8 Å². The van der Waals surface area contributed by atoms with Crippen molar-refractivity contribution in [1.29, 1.82) is 0 Å². The van der Waals surface area contributed by atoms with Crippen molar-refractivity contribution in [3.63, 3.8) is 0 Å². The number of nitrogens with zero attached hydrogens (tertiary/aromatic N) is 5. The highest BCUT2D eigenvalue weighted by Crippen LogP contribution is 2.34. The van der Waals surface area contributed by atoms with Gasteiger partial charge in [0.25, 0.3) is 0 Å². The van der Waals surface area contributed by atoms with Gasteiger partial charge in [0.15, 0.2) is 17.5 Å². The SMILES string of the molecule is Cc1nc(NCc2cnn(Cc3ccc(F)c(F)c3)c2)nc2c1NC(=O)[C@H](C(C)C)N2C.S. The summed E-state index contributed by atoms with van der Waals surface area (Å²) in [6, 6.07) is 3.49. The molecule has 1 atom stereocenters. The van der Waals surface area contributed by atoms with Gasteiger partial charge in [-0.25, -0.2) is 13.8 Å². The van der Waals surface area contributed by atoms with Gasteiger partial charge in [0.2, 0.25) is 11.9 Å². The molecular formula is C22H27F2N7OS. The van der Waals surface area contributed by atoms with Gasteiger partial charge in [-0.1, -0.05) is 19.9 Å². The molecule has 0 bridgehead atoms. The second-order valence-corrected chi connectivity index (χ2v) is 8.27. The molecule has 1 aliphatic heterocycles. The van der Waals surface area contributed by atoms with Gasteiger partial charge in [-0.3, -0.25) is 9.48 Å². The van der Waals surface area contributed by atoms with Gasteiger partial charge in [0, 0.05) is 25.4 Å². The van der Waals surface area contributed by atoms with E-state index < -0.39 is 11.6 Å². The minimum absolute atomic E-state index is 0. The number of benzene rings is 1. The van der Waals surface area contributed by atoms with E-state index in [4.69, 9.17) is 0 Å². The summed E-state index contributed by atoms with van der Waals surface area (Å²) in [5.74, 6) is -0.565. The van der Waals surface area contributed by atoms with Crippen LogP contribution in [0.2, 0.25) is 0 Å². The number of likely N-dealkylation sites (N-methyl/N-ethyl adjacent to an activating group) is 1. The maximum Gasteiger partial charge on any atom is 0.247 e. The molecule has 1 amide bonds. The van der Waals surface area contributed by atoms with E-state index >= 15 is 0 Å². The standard InChI is InChI=1S/C22H25F2N7O.H2S/c1-12(2)19-21(32)28-18-13(3)27-22(29-20(18)30(19)4)25-8-15-9-26-31(11-15)10-14-5-6-16(23)17(24)7-14;/h5-7,9,11-12,19H,8,10H2,1-4H3,(H,28,32)(H,25,27,29);1H2/t19-;/m0./s1. The van der Waals surface area contributed by atoms with Gasteiger partial charge in [0.1, 0.15) is 11.7 Å². The highest BCUT2D eigenvalue weighted by molar-refractivity contribution is 7.59. The van der Waals surface area contributed by atoms with Crippen LogP contribution >= 0.6 is 13.5 Å². The number of anilines is 3. The number of fused-ring (bicyclic) bond motifs is 1. The van der Waals surface area contributed by atoms with E-state index in [2.05, 4.69) is 25.7 Å². The number of hydrogen-bond acceptors (Lipinski definition) is 6. The predicted octanol–water partition coefficient (Wildman–Crippen LogP) is 3.45. The number of hydrogen-bond donors (Lipinski definition) is 2. The molecule has 33 heavy (non-hydrogen) atoms. The van der Waals surface area contributed by atoms with E-state index in [1.54, 1.807) is 10.9 Å². The molecule has 4 rings (SSSR count). The van der Waals surface area contributed by atoms with Crippen molar-refractivity contribution >= 4 is 36.9 Å². The zero-order valence-electron chi connectivity index (χ0n) is 18.9. The van der Waals surface area contributed by atoms with Gasteiger partial charge >= 0.3 is 0 Å². The van der Waals surface area contributed by atoms with Crippen LogP contribution in [0.3, 0.4) is 0 Å². The summed E-state index contributed by atoms with van der Waals surface area (Å²) in [5, 5.41) is 10.4. The lowest BCUT2D eigenvalue weighted by atomic mass is 9.99. The Morgan fingerprint density at radius 2 is 1.94 bits per heavy atom. The number of carbonyl (C=O) groups excluding carboxylic acids is 1. The van der Waals surface area contributed by atoms with Crippen LogP contribution in [0.4, 0.5) is 26.2 Å². The molecule has 176 valence electrons. The lowest BCUT2D eigenvalue weighted by molar-refractivity contribution is -0.118. The molecule has 0 saturated heterocycles. The Labute approximate surface area is 197 Å². The monoisotopic (exact) mass is 475 g/mol. The molecular weight excluding hydrogens is 448 g/mol. The van der Waals surface area contributed by atoms with Gasteiger partial charge < -0.3 is 15.5 Å². The quantitative estimate of drug-likeness (QED) is 0.568. The summed E-state index contributed by atoms with van der Waals surface area (Å²) in [7, 11) is 1.86. The fourth-order valence-electron chi connectivity index (χ4n) is 3.88. The minimum atomic E-state index is -0.877. The number of aryl methyl sites for hydroxylation is 1. The van der Waals surface area contributed by atoms with Crippen LogP contribution < -0.4 is 15.5 Å². The fourth-order valence-corrected chi connectivity index (χ4v) is 3.88. The first-order chi connectivity index (χ1) is 15.2. The van der Waals surface area contributed by atoms with Crippen LogP contribution in [-0.4, -0.2) is 38.7 Å². The first-order valence-corrected chi connectivity index (χ1v) is 10.3. The maximum atomic E-state index is 13.4. The van der Waals surface area contributed by atoms with E-state index in [1.807, 2.05) is 38.9 Å². The molecule has 0 fully saturated rings. The highest BCUT2D eigenvalue weighted by atomic mass is 32.1. The number of amides is 1. The second-order valence-electron chi connectivity index (χ2n) is 8.27. The molecule has 1 aromatic carbocycles. The lowest BCUT2D eigenvalue weighted by Crippen LogP contribution is -2.49. The first-order valence-electron chi connectivity index (χ1n) is 10.3. The van der Waals surface area contributed by atoms with Gasteiger partial charge in [-0.15, -0.1) is 0 Å².